The first kappa shape index (κ1) is 10.8. The van der Waals surface area contributed by atoms with E-state index < -0.39 is 0 Å². The van der Waals surface area contributed by atoms with Gasteiger partial charge in [0.15, 0.2) is 0 Å². The lowest BCUT2D eigenvalue weighted by Gasteiger charge is -2.34. The zero-order chi connectivity index (χ0) is 10.0. The fourth-order valence-electron chi connectivity index (χ4n) is 3.02. The van der Waals surface area contributed by atoms with E-state index in [4.69, 9.17) is 16.3 Å². The summed E-state index contributed by atoms with van der Waals surface area (Å²) >= 11 is 6.34. The van der Waals surface area contributed by atoms with Crippen LogP contribution in [0.4, 0.5) is 0 Å². The van der Waals surface area contributed by atoms with Gasteiger partial charge in [0.25, 0.3) is 0 Å². The Morgan fingerprint density at radius 1 is 1.36 bits per heavy atom. The van der Waals surface area contributed by atoms with E-state index in [9.17, 15) is 0 Å². The molecule has 0 aromatic heterocycles. The van der Waals surface area contributed by atoms with E-state index in [1.54, 1.807) is 0 Å². The molecule has 1 aliphatic heterocycles. The molecule has 1 saturated heterocycles. The number of hydrogen-bond acceptors (Lipinski definition) is 1. The molecule has 2 rings (SSSR count). The first-order chi connectivity index (χ1) is 6.70. The molecule has 1 aliphatic carbocycles. The van der Waals surface area contributed by atoms with E-state index in [0.717, 1.165) is 19.6 Å². The lowest BCUT2D eigenvalue weighted by molar-refractivity contribution is 0.0377. The van der Waals surface area contributed by atoms with Crippen LogP contribution in [0.1, 0.15) is 45.4 Å². The molecular formula is C12H21ClO. The van der Waals surface area contributed by atoms with E-state index >= 15 is 0 Å². The minimum atomic E-state index is 0.362. The summed E-state index contributed by atoms with van der Waals surface area (Å²) in [5.41, 5.74) is 0.568. The number of halogens is 1. The van der Waals surface area contributed by atoms with Crippen LogP contribution in [-0.2, 0) is 4.74 Å². The smallest absolute Gasteiger partial charge is 0.0508 e. The van der Waals surface area contributed by atoms with Crippen LogP contribution in [0.25, 0.3) is 0 Å². The molecule has 2 heteroatoms. The van der Waals surface area contributed by atoms with Crippen molar-refractivity contribution in [2.24, 2.45) is 11.3 Å². The van der Waals surface area contributed by atoms with Crippen molar-refractivity contribution >= 4 is 11.6 Å². The zero-order valence-corrected chi connectivity index (χ0v) is 9.85. The van der Waals surface area contributed by atoms with E-state index in [1.165, 1.54) is 32.1 Å². The molecule has 0 bridgehead atoms. The monoisotopic (exact) mass is 216 g/mol. The minimum absolute atomic E-state index is 0.362. The average Bonchev–Trinajstić information content (AvgIpc) is 2.57. The maximum atomic E-state index is 6.34. The fourth-order valence-corrected chi connectivity index (χ4v) is 3.27. The molecule has 14 heavy (non-hydrogen) atoms. The van der Waals surface area contributed by atoms with Crippen LogP contribution in [0.3, 0.4) is 0 Å². The summed E-state index contributed by atoms with van der Waals surface area (Å²) in [6.07, 6.45) is 7.94. The quantitative estimate of drug-likeness (QED) is 0.641. The predicted octanol–water partition coefficient (Wildman–Crippen LogP) is 3.60. The van der Waals surface area contributed by atoms with Crippen molar-refractivity contribution < 1.29 is 4.74 Å². The number of alkyl halides is 1. The third-order valence-corrected chi connectivity index (χ3v) is 4.52. The van der Waals surface area contributed by atoms with Crippen LogP contribution in [0, 0.1) is 11.3 Å². The summed E-state index contributed by atoms with van der Waals surface area (Å²) < 4.78 is 5.52. The van der Waals surface area contributed by atoms with Crippen molar-refractivity contribution in [1.29, 1.82) is 0 Å². The molecule has 2 aliphatic rings. The highest BCUT2D eigenvalue weighted by molar-refractivity contribution is 6.20. The molecule has 2 fully saturated rings. The van der Waals surface area contributed by atoms with Crippen LogP contribution in [-0.4, -0.2) is 18.6 Å². The molecule has 2 atom stereocenters. The second kappa shape index (κ2) is 4.40. The van der Waals surface area contributed by atoms with Gasteiger partial charge in [-0.1, -0.05) is 19.8 Å². The Bertz CT molecular complexity index is 187. The molecule has 0 aromatic carbocycles. The van der Waals surface area contributed by atoms with E-state index in [-0.39, 0.29) is 0 Å². The second-order valence-electron chi connectivity index (χ2n) is 5.36. The van der Waals surface area contributed by atoms with Crippen molar-refractivity contribution in [3.8, 4) is 0 Å². The Hall–Kier alpha value is 0.250. The van der Waals surface area contributed by atoms with Crippen LogP contribution >= 0.6 is 11.6 Å². The zero-order valence-electron chi connectivity index (χ0n) is 9.10. The van der Waals surface area contributed by atoms with Gasteiger partial charge in [-0.15, -0.1) is 11.6 Å². The highest BCUT2D eigenvalue weighted by Crippen LogP contribution is 2.44. The first-order valence-electron chi connectivity index (χ1n) is 5.91. The summed E-state index contributed by atoms with van der Waals surface area (Å²) in [5, 5.41) is 0.362. The summed E-state index contributed by atoms with van der Waals surface area (Å²) in [5.74, 6) is 0.605. The van der Waals surface area contributed by atoms with Crippen molar-refractivity contribution in [3.63, 3.8) is 0 Å². The first-order valence-corrected chi connectivity index (χ1v) is 6.35. The average molecular weight is 217 g/mol. The van der Waals surface area contributed by atoms with Gasteiger partial charge in [0.2, 0.25) is 0 Å². The molecule has 0 aromatic rings. The molecule has 2 unspecified atom stereocenters. The predicted molar refractivity (Wildman–Crippen MR) is 59.8 cm³/mol. The number of hydrogen-bond donors (Lipinski definition) is 0. The van der Waals surface area contributed by atoms with Gasteiger partial charge >= 0.3 is 0 Å². The Balaban J connectivity index is 1.88. The maximum absolute atomic E-state index is 6.34. The van der Waals surface area contributed by atoms with Gasteiger partial charge in [-0.2, -0.15) is 0 Å². The Kier molecular flexibility index (Phi) is 3.38. The lowest BCUT2D eigenvalue weighted by Crippen LogP contribution is -2.32. The molecule has 0 N–H and O–H groups in total. The van der Waals surface area contributed by atoms with Crippen molar-refractivity contribution in [2.45, 2.75) is 50.8 Å². The van der Waals surface area contributed by atoms with E-state index in [0.29, 0.717) is 16.7 Å². The van der Waals surface area contributed by atoms with Gasteiger partial charge in [0.1, 0.15) is 0 Å². The lowest BCUT2D eigenvalue weighted by atomic mass is 9.78. The SMILES string of the molecule is CC1(CC2COCCC2Cl)CCCC1. The highest BCUT2D eigenvalue weighted by atomic mass is 35.5. The van der Waals surface area contributed by atoms with Crippen molar-refractivity contribution in [1.82, 2.24) is 0 Å². The Morgan fingerprint density at radius 2 is 2.07 bits per heavy atom. The third-order valence-electron chi connectivity index (χ3n) is 3.95. The van der Waals surface area contributed by atoms with Gasteiger partial charge < -0.3 is 4.74 Å². The topological polar surface area (TPSA) is 9.23 Å². The molecule has 0 amide bonds. The van der Waals surface area contributed by atoms with Crippen molar-refractivity contribution in [3.05, 3.63) is 0 Å². The summed E-state index contributed by atoms with van der Waals surface area (Å²) in [7, 11) is 0. The standard InChI is InChI=1S/C12H21ClO/c1-12(5-2-3-6-12)8-10-9-14-7-4-11(10)13/h10-11H,2-9H2,1H3. The maximum Gasteiger partial charge on any atom is 0.0508 e. The van der Waals surface area contributed by atoms with Gasteiger partial charge in [-0.3, -0.25) is 0 Å². The van der Waals surface area contributed by atoms with E-state index in [1.807, 2.05) is 0 Å². The van der Waals surface area contributed by atoms with Gasteiger partial charge in [0.05, 0.1) is 6.61 Å². The summed E-state index contributed by atoms with van der Waals surface area (Å²) in [6, 6.07) is 0. The molecule has 1 saturated carbocycles. The molecule has 1 heterocycles. The van der Waals surface area contributed by atoms with Gasteiger partial charge in [-0.05, 0) is 37.0 Å². The second-order valence-corrected chi connectivity index (χ2v) is 5.92. The highest BCUT2D eigenvalue weighted by Gasteiger charge is 2.35. The van der Waals surface area contributed by atoms with E-state index in [2.05, 4.69) is 6.92 Å². The normalized spacial score (nSPS) is 37.3. The Labute approximate surface area is 92.2 Å². The van der Waals surface area contributed by atoms with Crippen LogP contribution in [0.2, 0.25) is 0 Å². The molecular weight excluding hydrogens is 196 g/mol. The van der Waals surface area contributed by atoms with Crippen molar-refractivity contribution in [2.75, 3.05) is 13.2 Å². The summed E-state index contributed by atoms with van der Waals surface area (Å²) in [6.45, 7) is 4.18. The number of rotatable bonds is 2. The largest absolute Gasteiger partial charge is 0.381 e. The minimum Gasteiger partial charge on any atom is -0.381 e. The third kappa shape index (κ3) is 2.43. The Morgan fingerprint density at radius 3 is 2.71 bits per heavy atom. The van der Waals surface area contributed by atoms with Crippen LogP contribution < -0.4 is 0 Å². The molecule has 0 spiro atoms. The van der Waals surface area contributed by atoms with Crippen LogP contribution in [0.15, 0.2) is 0 Å². The molecule has 0 radical (unpaired) electrons. The fraction of sp³-hybridized carbons (Fsp3) is 1.00. The van der Waals surface area contributed by atoms with Crippen LogP contribution in [0.5, 0.6) is 0 Å². The van der Waals surface area contributed by atoms with Gasteiger partial charge in [-0.25, -0.2) is 0 Å². The van der Waals surface area contributed by atoms with Gasteiger partial charge in [0, 0.05) is 12.0 Å². The summed E-state index contributed by atoms with van der Waals surface area (Å²) in [4.78, 5) is 0. The molecule has 82 valence electrons. The number of ether oxygens (including phenoxy) is 1. The molecule has 1 nitrogen and oxygen atoms in total.